The third-order valence-corrected chi connectivity index (χ3v) is 2.91. The van der Waals surface area contributed by atoms with Gasteiger partial charge in [0.05, 0.1) is 12.8 Å². The van der Waals surface area contributed by atoms with Crippen molar-refractivity contribution >= 4 is 17.7 Å². The number of rotatable bonds is 8. The second kappa shape index (κ2) is 8.14. The van der Waals surface area contributed by atoms with Crippen LogP contribution in [0.4, 0.5) is 0 Å². The number of hydrogen-bond donors (Lipinski definition) is 2. The lowest BCUT2D eigenvalue weighted by Gasteiger charge is -2.04. The van der Waals surface area contributed by atoms with Crippen LogP contribution in [0.5, 0.6) is 0 Å². The molecule has 1 aromatic heterocycles. The Balaban J connectivity index is 2.38. The van der Waals surface area contributed by atoms with Crippen molar-refractivity contribution in [2.75, 3.05) is 25.2 Å². The molecular formula is C11H19N3O2S. The number of aromatic amines is 1. The fourth-order valence-corrected chi connectivity index (χ4v) is 1.82. The van der Waals surface area contributed by atoms with E-state index in [-0.39, 0.29) is 5.97 Å². The molecule has 0 amide bonds. The number of carbonyl (C=O) groups excluding carboxylic acids is 1. The molecule has 0 aliphatic rings. The third kappa shape index (κ3) is 4.79. The predicted octanol–water partition coefficient (Wildman–Crippen LogP) is 1.43. The normalized spacial score (nSPS) is 10.5. The first kappa shape index (κ1) is 14.1. The van der Waals surface area contributed by atoms with E-state index in [2.05, 4.69) is 21.8 Å². The van der Waals surface area contributed by atoms with Crippen molar-refractivity contribution in [2.45, 2.75) is 19.9 Å². The Bertz CT molecular complexity index is 341. The zero-order valence-corrected chi connectivity index (χ0v) is 11.1. The molecule has 1 rings (SSSR count). The topological polar surface area (TPSA) is 67.0 Å². The van der Waals surface area contributed by atoms with Gasteiger partial charge in [0.2, 0.25) is 0 Å². The van der Waals surface area contributed by atoms with Crippen LogP contribution in [0.25, 0.3) is 0 Å². The van der Waals surface area contributed by atoms with Gasteiger partial charge < -0.3 is 10.1 Å². The molecule has 0 fully saturated rings. The van der Waals surface area contributed by atoms with E-state index in [4.69, 9.17) is 4.74 Å². The van der Waals surface area contributed by atoms with E-state index in [1.54, 1.807) is 13.1 Å². The summed E-state index contributed by atoms with van der Waals surface area (Å²) < 4.78 is 4.93. The fraction of sp³-hybridized carbons (Fsp3) is 0.636. The maximum Gasteiger partial charge on any atom is 0.356 e. The van der Waals surface area contributed by atoms with Gasteiger partial charge >= 0.3 is 5.97 Å². The molecule has 0 unspecified atom stereocenters. The van der Waals surface area contributed by atoms with Gasteiger partial charge in [0, 0.05) is 12.1 Å². The zero-order valence-electron chi connectivity index (χ0n) is 10.3. The average molecular weight is 257 g/mol. The summed E-state index contributed by atoms with van der Waals surface area (Å²) in [6.07, 6.45) is 4.87. The minimum atomic E-state index is -0.342. The number of aromatic nitrogens is 2. The molecule has 0 bridgehead atoms. The number of ether oxygens (including phenoxy) is 1. The summed E-state index contributed by atoms with van der Waals surface area (Å²) in [6.45, 7) is 3.74. The maximum atomic E-state index is 11.5. The van der Waals surface area contributed by atoms with Gasteiger partial charge in [-0.2, -0.15) is 16.9 Å². The van der Waals surface area contributed by atoms with Crippen LogP contribution in [-0.2, 0) is 11.3 Å². The van der Waals surface area contributed by atoms with Crippen LogP contribution in [-0.4, -0.2) is 41.3 Å². The molecule has 1 aromatic rings. The molecular weight excluding hydrogens is 238 g/mol. The summed E-state index contributed by atoms with van der Waals surface area (Å²) >= 11 is 1.83. The Morgan fingerprint density at radius 3 is 3.18 bits per heavy atom. The van der Waals surface area contributed by atoms with Crippen LogP contribution < -0.4 is 5.32 Å². The SMILES string of the molecule is CCOC(=O)c1[nH]ncc1CNCCCSC. The molecule has 6 heteroatoms. The van der Waals surface area contributed by atoms with E-state index in [1.165, 1.54) is 0 Å². The minimum Gasteiger partial charge on any atom is -0.461 e. The summed E-state index contributed by atoms with van der Waals surface area (Å²) in [7, 11) is 0. The molecule has 0 saturated carbocycles. The van der Waals surface area contributed by atoms with Crippen molar-refractivity contribution in [2.24, 2.45) is 0 Å². The van der Waals surface area contributed by atoms with Gasteiger partial charge in [-0.05, 0) is 31.9 Å². The Hall–Kier alpha value is -1.01. The number of H-pyrrole nitrogens is 1. The van der Waals surface area contributed by atoms with Gasteiger partial charge in [0.15, 0.2) is 0 Å². The van der Waals surface area contributed by atoms with Gasteiger partial charge in [-0.15, -0.1) is 0 Å². The highest BCUT2D eigenvalue weighted by atomic mass is 32.2. The number of nitrogens with one attached hydrogen (secondary N) is 2. The fourth-order valence-electron chi connectivity index (χ4n) is 1.39. The second-order valence-corrected chi connectivity index (χ2v) is 4.50. The highest BCUT2D eigenvalue weighted by Crippen LogP contribution is 2.06. The van der Waals surface area contributed by atoms with Gasteiger partial charge in [-0.1, -0.05) is 0 Å². The molecule has 0 aliphatic carbocycles. The second-order valence-electron chi connectivity index (χ2n) is 3.51. The van der Waals surface area contributed by atoms with E-state index >= 15 is 0 Å². The van der Waals surface area contributed by atoms with Gasteiger partial charge in [0.1, 0.15) is 5.69 Å². The van der Waals surface area contributed by atoms with E-state index < -0.39 is 0 Å². The molecule has 0 radical (unpaired) electrons. The third-order valence-electron chi connectivity index (χ3n) is 2.21. The van der Waals surface area contributed by atoms with Crippen molar-refractivity contribution in [3.05, 3.63) is 17.5 Å². The Kier molecular flexibility index (Phi) is 6.73. The minimum absolute atomic E-state index is 0.342. The Morgan fingerprint density at radius 2 is 2.47 bits per heavy atom. The molecule has 96 valence electrons. The Labute approximate surface area is 106 Å². The van der Waals surface area contributed by atoms with Crippen molar-refractivity contribution < 1.29 is 9.53 Å². The van der Waals surface area contributed by atoms with Crippen molar-refractivity contribution in [1.29, 1.82) is 0 Å². The monoisotopic (exact) mass is 257 g/mol. The molecule has 5 nitrogen and oxygen atoms in total. The largest absolute Gasteiger partial charge is 0.461 e. The lowest BCUT2D eigenvalue weighted by atomic mass is 10.2. The standard InChI is InChI=1S/C11H19N3O2S/c1-3-16-11(15)10-9(8-13-14-10)7-12-5-4-6-17-2/h8,12H,3-7H2,1-2H3,(H,13,14). The van der Waals surface area contributed by atoms with Gasteiger partial charge in [-0.3, -0.25) is 5.10 Å². The molecule has 0 saturated heterocycles. The lowest BCUT2D eigenvalue weighted by Crippen LogP contribution is -2.17. The summed E-state index contributed by atoms with van der Waals surface area (Å²) in [6, 6.07) is 0. The number of thioether (sulfide) groups is 1. The zero-order chi connectivity index (χ0) is 12.5. The van der Waals surface area contributed by atoms with Crippen molar-refractivity contribution in [3.63, 3.8) is 0 Å². The smallest absolute Gasteiger partial charge is 0.356 e. The van der Waals surface area contributed by atoms with Crippen molar-refractivity contribution in [3.8, 4) is 0 Å². The van der Waals surface area contributed by atoms with Crippen LogP contribution in [0, 0.1) is 0 Å². The number of nitrogens with zero attached hydrogens (tertiary/aromatic N) is 1. The molecule has 0 aliphatic heterocycles. The van der Waals surface area contributed by atoms with Crippen LogP contribution in [0.15, 0.2) is 6.20 Å². The molecule has 1 heterocycles. The maximum absolute atomic E-state index is 11.5. The van der Waals surface area contributed by atoms with E-state index in [9.17, 15) is 4.79 Å². The first-order valence-electron chi connectivity index (χ1n) is 5.68. The predicted molar refractivity (Wildman–Crippen MR) is 69.2 cm³/mol. The quantitative estimate of drug-likeness (QED) is 0.545. The van der Waals surface area contributed by atoms with Gasteiger partial charge in [-0.25, -0.2) is 4.79 Å². The van der Waals surface area contributed by atoms with Crippen LogP contribution in [0.2, 0.25) is 0 Å². The highest BCUT2D eigenvalue weighted by Gasteiger charge is 2.13. The van der Waals surface area contributed by atoms with E-state index in [1.807, 2.05) is 11.8 Å². The number of carbonyl (C=O) groups is 1. The summed E-state index contributed by atoms with van der Waals surface area (Å²) in [5.41, 5.74) is 1.30. The summed E-state index contributed by atoms with van der Waals surface area (Å²) in [4.78, 5) is 11.5. The molecule has 0 aromatic carbocycles. The Morgan fingerprint density at radius 1 is 1.65 bits per heavy atom. The van der Waals surface area contributed by atoms with Crippen molar-refractivity contribution in [1.82, 2.24) is 15.5 Å². The van der Waals surface area contributed by atoms with E-state index in [0.29, 0.717) is 18.8 Å². The molecule has 17 heavy (non-hydrogen) atoms. The van der Waals surface area contributed by atoms with Crippen LogP contribution >= 0.6 is 11.8 Å². The number of esters is 1. The highest BCUT2D eigenvalue weighted by molar-refractivity contribution is 7.98. The lowest BCUT2D eigenvalue weighted by molar-refractivity contribution is 0.0518. The van der Waals surface area contributed by atoms with Gasteiger partial charge in [0.25, 0.3) is 0 Å². The first-order chi connectivity index (χ1) is 8.29. The molecule has 2 N–H and O–H groups in total. The molecule has 0 atom stereocenters. The van der Waals surface area contributed by atoms with Crippen LogP contribution in [0.1, 0.15) is 29.4 Å². The average Bonchev–Trinajstić information content (AvgIpc) is 2.77. The van der Waals surface area contributed by atoms with Crippen LogP contribution in [0.3, 0.4) is 0 Å². The van der Waals surface area contributed by atoms with E-state index in [0.717, 1.165) is 24.3 Å². The molecule has 0 spiro atoms. The summed E-state index contributed by atoms with van der Waals surface area (Å²) in [5.74, 6) is 0.800. The first-order valence-corrected chi connectivity index (χ1v) is 7.08. The summed E-state index contributed by atoms with van der Waals surface area (Å²) in [5, 5.41) is 9.82. The number of hydrogen-bond acceptors (Lipinski definition) is 5.